The minimum atomic E-state index is -0.448. The highest BCUT2D eigenvalue weighted by Crippen LogP contribution is 2.25. The number of carbonyl (C=O) groups is 1. The van der Waals surface area contributed by atoms with E-state index in [9.17, 15) is 14.7 Å². The Labute approximate surface area is 173 Å². The number of benzene rings is 1. The topological polar surface area (TPSA) is 104 Å². The number of aromatic amines is 1. The maximum absolute atomic E-state index is 12.4. The third-order valence-electron chi connectivity index (χ3n) is 3.87. The molecule has 2 aromatic heterocycles. The number of ether oxygens (including phenoxy) is 1. The molecule has 3 N–H and O–H groups in total. The number of halogens is 2. The maximum atomic E-state index is 12.4. The molecular formula is C18H15Cl2N3O4S. The Hall–Kier alpha value is -2.55. The fourth-order valence-electron chi connectivity index (χ4n) is 2.58. The molecule has 0 aliphatic rings. The van der Waals surface area contributed by atoms with Crippen molar-refractivity contribution in [1.29, 1.82) is 0 Å². The van der Waals surface area contributed by atoms with Crippen LogP contribution in [0.25, 0.3) is 0 Å². The van der Waals surface area contributed by atoms with E-state index in [1.807, 2.05) is 12.1 Å². The van der Waals surface area contributed by atoms with Gasteiger partial charge in [-0.1, -0.05) is 40.6 Å². The highest BCUT2D eigenvalue weighted by atomic mass is 35.5. The second-order valence-electron chi connectivity index (χ2n) is 5.78. The summed E-state index contributed by atoms with van der Waals surface area (Å²) >= 11 is 12.8. The Morgan fingerprint density at radius 3 is 2.79 bits per heavy atom. The summed E-state index contributed by atoms with van der Waals surface area (Å²) in [5.74, 6) is 0.00503. The van der Waals surface area contributed by atoms with E-state index >= 15 is 0 Å². The number of pyridine rings is 1. The minimum Gasteiger partial charge on any atom is -0.496 e. The van der Waals surface area contributed by atoms with E-state index in [-0.39, 0.29) is 28.0 Å². The summed E-state index contributed by atoms with van der Waals surface area (Å²) in [6, 6.07) is 6.86. The number of methoxy groups -OCH3 is 1. The first-order valence-corrected chi connectivity index (χ1v) is 9.60. The third-order valence-corrected chi connectivity index (χ3v) is 5.24. The summed E-state index contributed by atoms with van der Waals surface area (Å²) in [5.41, 5.74) is 1.64. The number of hydrogen-bond acceptors (Lipinski definition) is 6. The first kappa shape index (κ1) is 20.2. The van der Waals surface area contributed by atoms with Gasteiger partial charge in [-0.2, -0.15) is 0 Å². The van der Waals surface area contributed by atoms with Crippen molar-refractivity contribution < 1.29 is 14.6 Å². The summed E-state index contributed by atoms with van der Waals surface area (Å²) < 4.78 is 5.34. The molecule has 0 bridgehead atoms. The van der Waals surface area contributed by atoms with Gasteiger partial charge in [-0.15, -0.1) is 0 Å². The zero-order valence-corrected chi connectivity index (χ0v) is 16.9. The van der Waals surface area contributed by atoms with Gasteiger partial charge in [-0.3, -0.25) is 14.6 Å². The van der Waals surface area contributed by atoms with Crippen molar-refractivity contribution in [3.63, 3.8) is 0 Å². The van der Waals surface area contributed by atoms with Crippen LogP contribution in [-0.4, -0.2) is 28.1 Å². The smallest absolute Gasteiger partial charge is 0.307 e. The molecule has 0 saturated carbocycles. The largest absolute Gasteiger partial charge is 0.496 e. The van der Waals surface area contributed by atoms with Crippen molar-refractivity contribution in [3.8, 4) is 11.6 Å². The Morgan fingerprint density at radius 2 is 2.14 bits per heavy atom. The normalized spacial score (nSPS) is 10.7. The SMILES string of the molecule is COc1ccc(Cc2sc(=O)[nH]c2O)cc1CNC(=O)c1ncc(Cl)cc1Cl. The van der Waals surface area contributed by atoms with E-state index in [0.29, 0.717) is 22.1 Å². The molecule has 28 heavy (non-hydrogen) atoms. The molecule has 7 nitrogen and oxygen atoms in total. The molecule has 3 aromatic rings. The highest BCUT2D eigenvalue weighted by Gasteiger charge is 2.14. The molecule has 0 fully saturated rings. The van der Waals surface area contributed by atoms with Crippen LogP contribution in [0.2, 0.25) is 10.0 Å². The molecule has 0 radical (unpaired) electrons. The van der Waals surface area contributed by atoms with Gasteiger partial charge in [0.25, 0.3) is 5.91 Å². The Bertz CT molecular complexity index is 1080. The summed E-state index contributed by atoms with van der Waals surface area (Å²) in [4.78, 5) is 30.2. The molecule has 0 spiro atoms. The fourth-order valence-corrected chi connectivity index (χ4v) is 3.80. The summed E-state index contributed by atoms with van der Waals surface area (Å²) in [6.45, 7) is 0.172. The van der Waals surface area contributed by atoms with Crippen molar-refractivity contribution in [3.05, 3.63) is 71.9 Å². The number of aromatic nitrogens is 2. The van der Waals surface area contributed by atoms with Crippen molar-refractivity contribution in [1.82, 2.24) is 15.3 Å². The second-order valence-corrected chi connectivity index (χ2v) is 7.69. The van der Waals surface area contributed by atoms with Gasteiger partial charge in [0.05, 0.1) is 22.0 Å². The third kappa shape index (κ3) is 4.64. The molecule has 10 heteroatoms. The lowest BCUT2D eigenvalue weighted by Crippen LogP contribution is -2.24. The van der Waals surface area contributed by atoms with Crippen LogP contribution in [0.1, 0.15) is 26.5 Å². The molecule has 0 atom stereocenters. The van der Waals surface area contributed by atoms with Crippen molar-refractivity contribution in [2.24, 2.45) is 0 Å². The van der Waals surface area contributed by atoms with E-state index < -0.39 is 5.91 Å². The van der Waals surface area contributed by atoms with Gasteiger partial charge in [-0.25, -0.2) is 4.98 Å². The summed E-state index contributed by atoms with van der Waals surface area (Å²) in [6.07, 6.45) is 1.71. The van der Waals surface area contributed by atoms with Crippen molar-refractivity contribution in [2.45, 2.75) is 13.0 Å². The van der Waals surface area contributed by atoms with Crippen LogP contribution in [0.15, 0.2) is 35.3 Å². The molecular weight excluding hydrogens is 425 g/mol. The lowest BCUT2D eigenvalue weighted by molar-refractivity contribution is 0.0946. The molecule has 3 rings (SSSR count). The van der Waals surface area contributed by atoms with E-state index in [1.165, 1.54) is 19.4 Å². The molecule has 0 aliphatic carbocycles. The maximum Gasteiger partial charge on any atom is 0.307 e. The number of nitrogens with one attached hydrogen (secondary N) is 2. The van der Waals surface area contributed by atoms with Gasteiger partial charge >= 0.3 is 4.87 Å². The van der Waals surface area contributed by atoms with Crippen LogP contribution >= 0.6 is 34.5 Å². The van der Waals surface area contributed by atoms with Gasteiger partial charge in [0.2, 0.25) is 5.88 Å². The number of hydrogen-bond donors (Lipinski definition) is 3. The van der Waals surface area contributed by atoms with E-state index in [1.54, 1.807) is 6.07 Å². The van der Waals surface area contributed by atoms with Crippen LogP contribution in [0.4, 0.5) is 0 Å². The summed E-state index contributed by atoms with van der Waals surface area (Å²) in [5, 5.41) is 13.0. The monoisotopic (exact) mass is 439 g/mol. The predicted molar refractivity (Wildman–Crippen MR) is 108 cm³/mol. The standard InChI is InChI=1S/C18H15Cl2N3O4S/c1-27-13-3-2-9(5-14-16(24)23-18(26)28-14)4-10(13)7-22-17(25)15-12(20)6-11(19)8-21-15/h2-4,6,8,24H,5,7H2,1H3,(H,22,25)(H,23,26). The Balaban J connectivity index is 1.77. The molecule has 1 aromatic carbocycles. The van der Waals surface area contributed by atoms with Crippen LogP contribution in [0, 0.1) is 0 Å². The average Bonchev–Trinajstić information content (AvgIpc) is 2.96. The number of H-pyrrole nitrogens is 1. The van der Waals surface area contributed by atoms with Crippen LogP contribution in [0.5, 0.6) is 11.6 Å². The van der Waals surface area contributed by atoms with Crippen LogP contribution in [-0.2, 0) is 13.0 Å². The van der Waals surface area contributed by atoms with E-state index in [4.69, 9.17) is 27.9 Å². The lowest BCUT2D eigenvalue weighted by Gasteiger charge is -2.12. The van der Waals surface area contributed by atoms with E-state index in [0.717, 1.165) is 22.5 Å². The predicted octanol–water partition coefficient (Wildman–Crippen LogP) is 3.37. The van der Waals surface area contributed by atoms with Gasteiger partial charge in [0, 0.05) is 24.7 Å². The Kier molecular flexibility index (Phi) is 6.23. The van der Waals surface area contributed by atoms with E-state index in [2.05, 4.69) is 15.3 Å². The van der Waals surface area contributed by atoms with Gasteiger partial charge < -0.3 is 15.2 Å². The number of rotatable bonds is 6. The van der Waals surface area contributed by atoms with Crippen LogP contribution in [0.3, 0.4) is 0 Å². The Morgan fingerprint density at radius 1 is 1.36 bits per heavy atom. The quantitative estimate of drug-likeness (QED) is 0.545. The fraction of sp³-hybridized carbons (Fsp3) is 0.167. The van der Waals surface area contributed by atoms with Crippen molar-refractivity contribution in [2.75, 3.05) is 7.11 Å². The van der Waals surface area contributed by atoms with Gasteiger partial charge in [0.15, 0.2) is 0 Å². The number of amides is 1. The molecule has 0 unspecified atom stereocenters. The highest BCUT2D eigenvalue weighted by molar-refractivity contribution is 7.09. The second kappa shape index (κ2) is 8.64. The molecule has 1 amide bonds. The number of carbonyl (C=O) groups excluding carboxylic acids is 1. The number of nitrogens with zero attached hydrogens (tertiary/aromatic N) is 1. The summed E-state index contributed by atoms with van der Waals surface area (Å²) in [7, 11) is 1.53. The first-order valence-electron chi connectivity index (χ1n) is 8.03. The van der Waals surface area contributed by atoms with Gasteiger partial charge in [0.1, 0.15) is 11.4 Å². The van der Waals surface area contributed by atoms with Crippen LogP contribution < -0.4 is 14.9 Å². The first-order chi connectivity index (χ1) is 13.4. The zero-order valence-electron chi connectivity index (χ0n) is 14.6. The molecule has 0 saturated heterocycles. The minimum absolute atomic E-state index is 0.0724. The molecule has 2 heterocycles. The number of thiazole rings is 1. The van der Waals surface area contributed by atoms with Gasteiger partial charge in [-0.05, 0) is 23.8 Å². The molecule has 0 aliphatic heterocycles. The lowest BCUT2D eigenvalue weighted by atomic mass is 10.1. The van der Waals surface area contributed by atoms with Crippen molar-refractivity contribution >= 4 is 40.4 Å². The average molecular weight is 440 g/mol. The zero-order chi connectivity index (χ0) is 20.3. The molecule has 146 valence electrons. The number of aromatic hydroxyl groups is 1.